The van der Waals surface area contributed by atoms with Crippen molar-refractivity contribution in [3.05, 3.63) is 59.8 Å². The van der Waals surface area contributed by atoms with Crippen LogP contribution >= 0.6 is 11.8 Å². The Morgan fingerprint density at radius 3 is 2.52 bits per heavy atom. The number of benzene rings is 1. The normalized spacial score (nSPS) is 12.9. The molecule has 6 heteroatoms. The largest absolute Gasteiger partial charge is 0.349 e. The van der Waals surface area contributed by atoms with Crippen molar-refractivity contribution in [1.29, 1.82) is 0 Å². The predicted octanol–water partition coefficient (Wildman–Crippen LogP) is 4.88. The van der Waals surface area contributed by atoms with Crippen LogP contribution in [0, 0.1) is 0 Å². The second kappa shape index (κ2) is 8.43. The van der Waals surface area contributed by atoms with Gasteiger partial charge in [-0.1, -0.05) is 44.2 Å². The van der Waals surface area contributed by atoms with Gasteiger partial charge >= 0.3 is 0 Å². The number of carbonyl (C=O) groups excluding carboxylic acids is 1. The Hall–Kier alpha value is -1.95. The molecule has 0 aliphatic rings. The van der Waals surface area contributed by atoms with E-state index in [2.05, 4.69) is 36.3 Å². The van der Waals surface area contributed by atoms with Crippen LogP contribution in [-0.4, -0.2) is 22.7 Å². The van der Waals surface area contributed by atoms with E-state index in [0.717, 1.165) is 6.42 Å². The Morgan fingerprint density at radius 1 is 1.20 bits per heavy atom. The van der Waals surface area contributed by atoms with Crippen LogP contribution in [0.3, 0.4) is 0 Å². The van der Waals surface area contributed by atoms with E-state index in [4.69, 9.17) is 0 Å². The maximum atomic E-state index is 12.6. The molecule has 25 heavy (non-hydrogen) atoms. The summed E-state index contributed by atoms with van der Waals surface area (Å²) in [7, 11) is 0. The number of nitrogens with zero attached hydrogens (tertiary/aromatic N) is 1. The van der Waals surface area contributed by atoms with Crippen LogP contribution in [0.1, 0.15) is 43.1 Å². The van der Waals surface area contributed by atoms with Gasteiger partial charge in [0.25, 0.3) is 11.7 Å². The molecular formula is C19H22F2N2OS. The number of amides is 1. The first-order chi connectivity index (χ1) is 11.8. The van der Waals surface area contributed by atoms with Crippen LogP contribution in [0.5, 0.6) is 0 Å². The number of hydrogen-bond acceptors (Lipinski definition) is 3. The van der Waals surface area contributed by atoms with Crippen LogP contribution in [-0.2, 0) is 5.41 Å². The molecule has 0 aliphatic heterocycles. The van der Waals surface area contributed by atoms with E-state index in [-0.39, 0.29) is 39.7 Å². The first kappa shape index (κ1) is 19.4. The summed E-state index contributed by atoms with van der Waals surface area (Å²) in [5.74, 6) is -3.00. The van der Waals surface area contributed by atoms with Crippen molar-refractivity contribution in [2.24, 2.45) is 0 Å². The molecule has 3 nitrogen and oxygen atoms in total. The highest BCUT2D eigenvalue weighted by atomic mass is 32.2. The average molecular weight is 364 g/mol. The summed E-state index contributed by atoms with van der Waals surface area (Å²) in [6.07, 6.45) is 2.13. The van der Waals surface area contributed by atoms with Crippen LogP contribution in [0.15, 0.2) is 53.7 Å². The van der Waals surface area contributed by atoms with Gasteiger partial charge in [-0.2, -0.15) is 8.78 Å². The SMILES string of the molecule is CC(CC(C)(C)c1ccccc1)NC(=O)c1cccnc1SC(F)F. The number of nitrogens with one attached hydrogen (secondary N) is 1. The monoisotopic (exact) mass is 364 g/mol. The highest BCUT2D eigenvalue weighted by molar-refractivity contribution is 7.99. The number of rotatable bonds is 7. The first-order valence-corrected chi connectivity index (χ1v) is 8.94. The van der Waals surface area contributed by atoms with Gasteiger partial charge in [0, 0.05) is 12.2 Å². The molecule has 1 amide bonds. The van der Waals surface area contributed by atoms with Crippen molar-refractivity contribution < 1.29 is 13.6 Å². The number of thioether (sulfide) groups is 1. The lowest BCUT2D eigenvalue weighted by atomic mass is 9.79. The molecule has 0 spiro atoms. The fraction of sp³-hybridized carbons (Fsp3) is 0.368. The lowest BCUT2D eigenvalue weighted by Gasteiger charge is -2.29. The van der Waals surface area contributed by atoms with Gasteiger partial charge in [-0.25, -0.2) is 4.98 Å². The van der Waals surface area contributed by atoms with E-state index < -0.39 is 5.76 Å². The molecule has 1 unspecified atom stereocenters. The van der Waals surface area contributed by atoms with Crippen LogP contribution < -0.4 is 5.32 Å². The van der Waals surface area contributed by atoms with Gasteiger partial charge in [0.1, 0.15) is 5.03 Å². The molecule has 0 radical (unpaired) electrons. The molecule has 0 aliphatic carbocycles. The summed E-state index contributed by atoms with van der Waals surface area (Å²) in [6.45, 7) is 6.15. The highest BCUT2D eigenvalue weighted by Crippen LogP contribution is 2.29. The molecule has 1 heterocycles. The molecule has 1 atom stereocenters. The highest BCUT2D eigenvalue weighted by Gasteiger charge is 2.25. The van der Waals surface area contributed by atoms with Gasteiger partial charge in [0.15, 0.2) is 0 Å². The Morgan fingerprint density at radius 2 is 1.88 bits per heavy atom. The summed E-state index contributed by atoms with van der Waals surface area (Å²) in [6, 6.07) is 13.0. The molecule has 134 valence electrons. The van der Waals surface area contributed by atoms with E-state index >= 15 is 0 Å². The summed E-state index contributed by atoms with van der Waals surface area (Å²) >= 11 is 0.285. The van der Waals surface area contributed by atoms with Crippen molar-refractivity contribution in [2.75, 3.05) is 0 Å². The molecule has 1 N–H and O–H groups in total. The number of pyridine rings is 1. The summed E-state index contributed by atoms with van der Waals surface area (Å²) in [4.78, 5) is 16.4. The van der Waals surface area contributed by atoms with Gasteiger partial charge < -0.3 is 5.32 Å². The molecule has 1 aromatic carbocycles. The lowest BCUT2D eigenvalue weighted by Crippen LogP contribution is -2.37. The van der Waals surface area contributed by atoms with Gasteiger partial charge in [-0.3, -0.25) is 4.79 Å². The number of halogens is 2. The summed E-state index contributed by atoms with van der Waals surface area (Å²) in [5, 5.41) is 2.94. The first-order valence-electron chi connectivity index (χ1n) is 8.06. The van der Waals surface area contributed by atoms with Crippen molar-refractivity contribution in [2.45, 2.75) is 49.4 Å². The molecule has 0 saturated heterocycles. The van der Waals surface area contributed by atoms with Gasteiger partial charge in [-0.15, -0.1) is 0 Å². The zero-order chi connectivity index (χ0) is 18.4. The number of alkyl halides is 2. The Balaban J connectivity index is 2.06. The molecule has 2 aromatic rings. The summed E-state index contributed by atoms with van der Waals surface area (Å²) < 4.78 is 25.3. The van der Waals surface area contributed by atoms with E-state index in [1.54, 1.807) is 6.07 Å². The standard InChI is InChI=1S/C19H22F2N2OS/c1-13(12-19(2,3)14-8-5-4-6-9-14)23-16(24)15-10-7-11-22-17(15)25-18(20)21/h4-11,13,18H,12H2,1-3H3,(H,23,24). The third-order valence-electron chi connectivity index (χ3n) is 3.97. The fourth-order valence-electron chi connectivity index (χ4n) is 2.87. The third-order valence-corrected chi connectivity index (χ3v) is 4.69. The molecule has 0 bridgehead atoms. The van der Waals surface area contributed by atoms with Crippen molar-refractivity contribution >= 4 is 17.7 Å². The molecule has 0 fully saturated rings. The van der Waals surface area contributed by atoms with Gasteiger partial charge in [0.05, 0.1) is 5.56 Å². The fourth-order valence-corrected chi connectivity index (χ4v) is 3.45. The van der Waals surface area contributed by atoms with Crippen molar-refractivity contribution in [3.8, 4) is 0 Å². The number of hydrogen-bond donors (Lipinski definition) is 1. The number of carbonyl (C=O) groups is 1. The smallest absolute Gasteiger partial charge is 0.290 e. The van der Waals surface area contributed by atoms with E-state index in [1.807, 2.05) is 25.1 Å². The van der Waals surface area contributed by atoms with Gasteiger partial charge in [0.2, 0.25) is 0 Å². The maximum absolute atomic E-state index is 12.6. The predicted molar refractivity (Wildman–Crippen MR) is 97.1 cm³/mol. The Kier molecular flexibility index (Phi) is 6.53. The minimum absolute atomic E-state index is 0.0459. The average Bonchev–Trinajstić information content (AvgIpc) is 2.55. The zero-order valence-electron chi connectivity index (χ0n) is 14.5. The quantitative estimate of drug-likeness (QED) is 0.712. The maximum Gasteiger partial charge on any atom is 0.290 e. The second-order valence-electron chi connectivity index (χ2n) is 6.56. The Bertz CT molecular complexity index is 708. The zero-order valence-corrected chi connectivity index (χ0v) is 15.3. The minimum Gasteiger partial charge on any atom is -0.349 e. The van der Waals surface area contributed by atoms with Gasteiger partial charge in [-0.05, 0) is 48.2 Å². The molecule has 0 saturated carbocycles. The van der Waals surface area contributed by atoms with Crippen molar-refractivity contribution in [3.63, 3.8) is 0 Å². The topological polar surface area (TPSA) is 42.0 Å². The molecule has 1 aromatic heterocycles. The second-order valence-corrected chi connectivity index (χ2v) is 7.54. The van der Waals surface area contributed by atoms with E-state index in [0.29, 0.717) is 0 Å². The third kappa shape index (κ3) is 5.53. The van der Waals surface area contributed by atoms with E-state index in [9.17, 15) is 13.6 Å². The Labute approximate surface area is 151 Å². The number of aromatic nitrogens is 1. The lowest BCUT2D eigenvalue weighted by molar-refractivity contribution is 0.0930. The van der Waals surface area contributed by atoms with Crippen LogP contribution in [0.2, 0.25) is 0 Å². The van der Waals surface area contributed by atoms with Crippen molar-refractivity contribution in [1.82, 2.24) is 10.3 Å². The van der Waals surface area contributed by atoms with Crippen LogP contribution in [0.25, 0.3) is 0 Å². The minimum atomic E-state index is -2.61. The summed E-state index contributed by atoms with van der Waals surface area (Å²) in [5.41, 5.74) is 1.24. The molecular weight excluding hydrogens is 342 g/mol. The molecule has 2 rings (SSSR count). The van der Waals surface area contributed by atoms with Crippen LogP contribution in [0.4, 0.5) is 8.78 Å². The van der Waals surface area contributed by atoms with E-state index in [1.165, 1.54) is 17.8 Å².